The zero-order chi connectivity index (χ0) is 13.0. The van der Waals surface area contributed by atoms with Crippen LogP contribution < -0.4 is 5.32 Å². The van der Waals surface area contributed by atoms with Gasteiger partial charge in [-0.25, -0.2) is 4.39 Å². The van der Waals surface area contributed by atoms with Crippen LogP contribution in [0.25, 0.3) is 0 Å². The predicted octanol–water partition coefficient (Wildman–Crippen LogP) is 2.68. The molecule has 1 atom stereocenters. The van der Waals surface area contributed by atoms with Gasteiger partial charge < -0.3 is 5.11 Å². The molecule has 0 aliphatic carbocycles. The lowest BCUT2D eigenvalue weighted by atomic mass is 10.0. The molecule has 1 aromatic carbocycles. The second kappa shape index (κ2) is 5.98. The van der Waals surface area contributed by atoms with E-state index in [0.717, 1.165) is 0 Å². The minimum Gasteiger partial charge on any atom is -0.480 e. The molecule has 1 aromatic rings. The first kappa shape index (κ1) is 13.9. The highest BCUT2D eigenvalue weighted by Gasteiger charge is 2.21. The minimum atomic E-state index is -0.942. The molecule has 0 amide bonds. The van der Waals surface area contributed by atoms with E-state index >= 15 is 0 Å². The highest BCUT2D eigenvalue weighted by atomic mass is 35.5. The molecule has 0 radical (unpaired) electrons. The molecule has 0 unspecified atom stereocenters. The van der Waals surface area contributed by atoms with Gasteiger partial charge in [-0.2, -0.15) is 0 Å². The Bertz CT molecular complexity index is 409. The Kier molecular flexibility index (Phi) is 4.90. The SMILES string of the molecule is CC(C)[C@@H](NCc1cccc(Cl)c1F)C(=O)O. The molecule has 94 valence electrons. The predicted molar refractivity (Wildman–Crippen MR) is 64.5 cm³/mol. The van der Waals surface area contributed by atoms with E-state index in [1.54, 1.807) is 26.0 Å². The first-order chi connectivity index (χ1) is 7.93. The van der Waals surface area contributed by atoms with Crippen molar-refractivity contribution in [2.24, 2.45) is 5.92 Å². The number of benzene rings is 1. The Hall–Kier alpha value is -1.13. The maximum atomic E-state index is 13.5. The van der Waals surface area contributed by atoms with Crippen LogP contribution in [0.5, 0.6) is 0 Å². The Morgan fingerprint density at radius 1 is 1.53 bits per heavy atom. The van der Waals surface area contributed by atoms with E-state index in [1.807, 2.05) is 0 Å². The summed E-state index contributed by atoms with van der Waals surface area (Å²) < 4.78 is 13.5. The van der Waals surface area contributed by atoms with Gasteiger partial charge in [-0.15, -0.1) is 0 Å². The lowest BCUT2D eigenvalue weighted by Gasteiger charge is -2.18. The summed E-state index contributed by atoms with van der Waals surface area (Å²) in [6.07, 6.45) is 0. The topological polar surface area (TPSA) is 49.3 Å². The quantitative estimate of drug-likeness (QED) is 0.855. The molecule has 0 spiro atoms. The largest absolute Gasteiger partial charge is 0.480 e. The van der Waals surface area contributed by atoms with Crippen molar-refractivity contribution in [3.8, 4) is 0 Å². The van der Waals surface area contributed by atoms with Crippen LogP contribution in [0.2, 0.25) is 5.02 Å². The number of carboxylic acid groups (broad SMARTS) is 1. The maximum absolute atomic E-state index is 13.5. The summed E-state index contributed by atoms with van der Waals surface area (Å²) in [5.74, 6) is -1.52. The van der Waals surface area contributed by atoms with Crippen molar-refractivity contribution < 1.29 is 14.3 Å². The van der Waals surface area contributed by atoms with Crippen LogP contribution in [0, 0.1) is 11.7 Å². The van der Waals surface area contributed by atoms with Gasteiger partial charge in [0.2, 0.25) is 0 Å². The summed E-state index contributed by atoms with van der Waals surface area (Å²) in [5.41, 5.74) is 0.365. The Morgan fingerprint density at radius 2 is 2.18 bits per heavy atom. The van der Waals surface area contributed by atoms with Gasteiger partial charge in [-0.3, -0.25) is 10.1 Å². The standard InChI is InChI=1S/C12H15ClFNO2/c1-7(2)11(12(16)17)15-6-8-4-3-5-9(13)10(8)14/h3-5,7,11,15H,6H2,1-2H3,(H,16,17)/t11-/m1/s1. The van der Waals surface area contributed by atoms with Crippen LogP contribution in [0.3, 0.4) is 0 Å². The number of nitrogens with one attached hydrogen (secondary N) is 1. The van der Waals surface area contributed by atoms with Crippen LogP contribution in [-0.2, 0) is 11.3 Å². The van der Waals surface area contributed by atoms with Gasteiger partial charge in [0.1, 0.15) is 11.9 Å². The van der Waals surface area contributed by atoms with Crippen LogP contribution in [-0.4, -0.2) is 17.1 Å². The van der Waals surface area contributed by atoms with Gasteiger partial charge >= 0.3 is 5.97 Å². The Labute approximate surface area is 105 Å². The number of carboxylic acids is 1. The fourth-order valence-electron chi connectivity index (χ4n) is 1.51. The molecule has 0 aliphatic rings. The average molecular weight is 260 g/mol. The van der Waals surface area contributed by atoms with Crippen molar-refractivity contribution in [2.75, 3.05) is 0 Å². The molecule has 0 fully saturated rings. The molecule has 0 saturated heterocycles. The van der Waals surface area contributed by atoms with E-state index in [4.69, 9.17) is 16.7 Å². The summed E-state index contributed by atoms with van der Waals surface area (Å²) in [4.78, 5) is 10.9. The molecule has 0 heterocycles. The van der Waals surface area contributed by atoms with Crippen molar-refractivity contribution in [1.29, 1.82) is 0 Å². The molecular formula is C12H15ClFNO2. The van der Waals surface area contributed by atoms with Crippen molar-refractivity contribution in [3.63, 3.8) is 0 Å². The number of hydrogen-bond donors (Lipinski definition) is 2. The third-order valence-electron chi connectivity index (χ3n) is 2.48. The van der Waals surface area contributed by atoms with Crippen molar-refractivity contribution in [3.05, 3.63) is 34.6 Å². The molecule has 0 aliphatic heterocycles. The molecule has 3 nitrogen and oxygen atoms in total. The summed E-state index contributed by atoms with van der Waals surface area (Å²) >= 11 is 5.64. The molecule has 0 bridgehead atoms. The van der Waals surface area contributed by atoms with Crippen LogP contribution in [0.4, 0.5) is 4.39 Å². The highest BCUT2D eigenvalue weighted by molar-refractivity contribution is 6.30. The van der Waals surface area contributed by atoms with Crippen molar-refractivity contribution in [1.82, 2.24) is 5.32 Å². The van der Waals surface area contributed by atoms with Crippen molar-refractivity contribution >= 4 is 17.6 Å². The van der Waals surface area contributed by atoms with Gasteiger partial charge in [0.05, 0.1) is 5.02 Å². The zero-order valence-electron chi connectivity index (χ0n) is 9.71. The monoisotopic (exact) mass is 259 g/mol. The fraction of sp³-hybridized carbons (Fsp3) is 0.417. The van der Waals surface area contributed by atoms with E-state index in [0.29, 0.717) is 5.56 Å². The smallest absolute Gasteiger partial charge is 0.320 e. The summed E-state index contributed by atoms with van der Waals surface area (Å²) in [5, 5.41) is 11.8. The highest BCUT2D eigenvalue weighted by Crippen LogP contribution is 2.18. The number of rotatable bonds is 5. The van der Waals surface area contributed by atoms with E-state index in [-0.39, 0.29) is 17.5 Å². The molecule has 0 saturated carbocycles. The number of hydrogen-bond acceptors (Lipinski definition) is 2. The fourth-order valence-corrected chi connectivity index (χ4v) is 1.71. The molecule has 5 heteroatoms. The van der Waals surface area contributed by atoms with Crippen molar-refractivity contribution in [2.45, 2.75) is 26.4 Å². The third-order valence-corrected chi connectivity index (χ3v) is 2.77. The van der Waals surface area contributed by atoms with Crippen LogP contribution in [0.15, 0.2) is 18.2 Å². The van der Waals surface area contributed by atoms with E-state index in [2.05, 4.69) is 5.32 Å². The van der Waals surface area contributed by atoms with Gasteiger partial charge in [-0.1, -0.05) is 37.6 Å². The number of carbonyl (C=O) groups is 1. The van der Waals surface area contributed by atoms with Gasteiger partial charge in [-0.05, 0) is 12.0 Å². The minimum absolute atomic E-state index is 0.0423. The normalized spacial score (nSPS) is 12.8. The van der Waals surface area contributed by atoms with Gasteiger partial charge in [0.15, 0.2) is 0 Å². The van der Waals surface area contributed by atoms with Gasteiger partial charge in [0.25, 0.3) is 0 Å². The first-order valence-corrected chi connectivity index (χ1v) is 5.70. The molecule has 0 aromatic heterocycles. The Morgan fingerprint density at radius 3 is 2.71 bits per heavy atom. The van der Waals surface area contributed by atoms with Crippen LogP contribution >= 0.6 is 11.6 Å². The lowest BCUT2D eigenvalue weighted by molar-refractivity contribution is -0.140. The zero-order valence-corrected chi connectivity index (χ0v) is 10.5. The van der Waals surface area contributed by atoms with E-state index in [9.17, 15) is 9.18 Å². The third kappa shape index (κ3) is 3.68. The molecule has 17 heavy (non-hydrogen) atoms. The second-order valence-electron chi connectivity index (χ2n) is 4.15. The van der Waals surface area contributed by atoms with E-state index < -0.39 is 17.8 Å². The molecule has 2 N–H and O–H groups in total. The Balaban J connectivity index is 2.72. The van der Waals surface area contributed by atoms with Crippen LogP contribution in [0.1, 0.15) is 19.4 Å². The second-order valence-corrected chi connectivity index (χ2v) is 4.56. The van der Waals surface area contributed by atoms with E-state index in [1.165, 1.54) is 6.07 Å². The molecule has 1 rings (SSSR count). The van der Waals surface area contributed by atoms with Gasteiger partial charge in [0, 0.05) is 12.1 Å². The first-order valence-electron chi connectivity index (χ1n) is 5.32. The lowest BCUT2D eigenvalue weighted by Crippen LogP contribution is -2.40. The summed E-state index contributed by atoms with van der Waals surface area (Å²) in [7, 11) is 0. The molecular weight excluding hydrogens is 245 g/mol. The summed E-state index contributed by atoms with van der Waals surface area (Å²) in [6, 6.07) is 3.96. The maximum Gasteiger partial charge on any atom is 0.320 e. The summed E-state index contributed by atoms with van der Waals surface area (Å²) in [6.45, 7) is 3.72. The number of halogens is 2. The average Bonchev–Trinajstić information content (AvgIpc) is 2.23. The number of aliphatic carboxylic acids is 1.